The number of hydrogen-bond acceptors (Lipinski definition) is 3. The van der Waals surface area contributed by atoms with Crippen LogP contribution in [0.4, 0.5) is 0 Å². The van der Waals surface area contributed by atoms with Crippen molar-refractivity contribution in [3.63, 3.8) is 0 Å². The number of nitrogens with zero attached hydrogens (tertiary/aromatic N) is 3. The third-order valence-corrected chi connectivity index (χ3v) is 6.00. The minimum Gasteiger partial charge on any atom is -0.392 e. The van der Waals surface area contributed by atoms with Crippen molar-refractivity contribution in [2.75, 3.05) is 12.3 Å². The molecule has 5 nitrogen and oxygen atoms in total. The zero-order valence-electron chi connectivity index (χ0n) is 8.60. The minimum absolute atomic E-state index is 0.209. The van der Waals surface area contributed by atoms with Crippen LogP contribution in [0.5, 0.6) is 0 Å². The lowest BCUT2D eigenvalue weighted by Gasteiger charge is -2.10. The Bertz CT molecular complexity index is 470. The largest absolute Gasteiger partial charge is 0.392 e. The van der Waals surface area contributed by atoms with Crippen molar-refractivity contribution in [2.24, 2.45) is 5.11 Å². The highest BCUT2D eigenvalue weighted by Gasteiger charge is 2.41. The smallest absolute Gasteiger partial charge is 0.118 e. The van der Waals surface area contributed by atoms with Crippen LogP contribution in [0.1, 0.15) is 0 Å². The van der Waals surface area contributed by atoms with Crippen LogP contribution < -0.4 is 5.30 Å². The second-order valence-electron chi connectivity index (χ2n) is 3.93. The molecule has 1 aromatic carbocycles. The van der Waals surface area contributed by atoms with Gasteiger partial charge in [0.05, 0.1) is 12.1 Å². The van der Waals surface area contributed by atoms with Crippen molar-refractivity contribution >= 4 is 12.4 Å². The summed E-state index contributed by atoms with van der Waals surface area (Å²) in [6.45, 7) is 0. The molecular formula is C10H12N3O2P. The Hall–Kier alpha value is -1.28. The molecule has 84 valence electrons. The van der Waals surface area contributed by atoms with Gasteiger partial charge in [-0.05, 0) is 5.53 Å². The molecule has 0 amide bonds. The summed E-state index contributed by atoms with van der Waals surface area (Å²) >= 11 is 0. The van der Waals surface area contributed by atoms with Gasteiger partial charge in [-0.3, -0.25) is 0 Å². The molecule has 0 unspecified atom stereocenters. The molecule has 1 fully saturated rings. The van der Waals surface area contributed by atoms with Gasteiger partial charge in [0, 0.05) is 22.5 Å². The maximum atomic E-state index is 12.6. The van der Waals surface area contributed by atoms with Crippen molar-refractivity contribution in [1.82, 2.24) is 0 Å². The third-order valence-electron chi connectivity index (χ3n) is 2.83. The number of benzene rings is 1. The first-order valence-corrected chi connectivity index (χ1v) is 7.09. The first kappa shape index (κ1) is 11.2. The third kappa shape index (κ3) is 1.98. The zero-order chi connectivity index (χ0) is 11.6. The number of rotatable bonds is 2. The molecule has 1 aromatic rings. The van der Waals surface area contributed by atoms with Gasteiger partial charge in [-0.15, -0.1) is 0 Å². The van der Waals surface area contributed by atoms with Crippen molar-refractivity contribution in [1.29, 1.82) is 0 Å². The second-order valence-corrected chi connectivity index (χ2v) is 6.95. The number of hydrogen-bond donors (Lipinski definition) is 1. The van der Waals surface area contributed by atoms with Gasteiger partial charge < -0.3 is 9.67 Å². The Morgan fingerprint density at radius 3 is 2.69 bits per heavy atom. The van der Waals surface area contributed by atoms with Crippen molar-refractivity contribution in [3.8, 4) is 0 Å². The van der Waals surface area contributed by atoms with E-state index in [0.29, 0.717) is 0 Å². The summed E-state index contributed by atoms with van der Waals surface area (Å²) in [6, 6.07) is 8.53. The van der Waals surface area contributed by atoms with E-state index in [1.165, 1.54) is 0 Å². The van der Waals surface area contributed by atoms with E-state index in [1.54, 1.807) is 12.1 Å². The fraction of sp³-hybridized carbons (Fsp3) is 0.400. The van der Waals surface area contributed by atoms with E-state index in [4.69, 9.17) is 5.53 Å². The Balaban J connectivity index is 2.30. The Morgan fingerprint density at radius 2 is 2.06 bits per heavy atom. The van der Waals surface area contributed by atoms with Crippen LogP contribution in [-0.2, 0) is 4.57 Å². The molecule has 0 bridgehead atoms. The molecule has 0 spiro atoms. The SMILES string of the molecule is [N-]=[N+]=N[C@@H]1C[P@@](=O)(c2ccccc2)C[C@H]1O. The monoisotopic (exact) mass is 237 g/mol. The summed E-state index contributed by atoms with van der Waals surface area (Å²) in [5, 5.41) is 13.9. The maximum Gasteiger partial charge on any atom is 0.118 e. The second kappa shape index (κ2) is 4.30. The molecule has 1 saturated heterocycles. The summed E-state index contributed by atoms with van der Waals surface area (Å²) in [5.41, 5.74) is 8.34. The van der Waals surface area contributed by atoms with Gasteiger partial charge in [0.2, 0.25) is 0 Å². The normalized spacial score (nSPS) is 33.3. The van der Waals surface area contributed by atoms with E-state index in [9.17, 15) is 9.67 Å². The fourth-order valence-electron chi connectivity index (χ4n) is 2.01. The topological polar surface area (TPSA) is 86.1 Å². The molecule has 1 aliphatic rings. The van der Waals surface area contributed by atoms with Crippen LogP contribution in [0.15, 0.2) is 35.4 Å². The number of aliphatic hydroxyl groups is 1. The lowest BCUT2D eigenvalue weighted by Crippen LogP contribution is -2.20. The molecule has 16 heavy (non-hydrogen) atoms. The highest BCUT2D eigenvalue weighted by atomic mass is 31.2. The van der Waals surface area contributed by atoms with Crippen molar-refractivity contribution in [2.45, 2.75) is 12.1 Å². The Labute approximate surface area is 93.1 Å². The average Bonchev–Trinajstić information content (AvgIpc) is 2.57. The van der Waals surface area contributed by atoms with Gasteiger partial charge in [-0.1, -0.05) is 35.4 Å². The predicted molar refractivity (Wildman–Crippen MR) is 62.4 cm³/mol. The fourth-order valence-corrected chi connectivity index (χ4v) is 5.07. The maximum absolute atomic E-state index is 12.6. The number of azide groups is 1. The van der Waals surface area contributed by atoms with Crippen molar-refractivity contribution < 1.29 is 9.67 Å². The molecule has 6 heteroatoms. The van der Waals surface area contributed by atoms with Crippen LogP contribution in [0.3, 0.4) is 0 Å². The van der Waals surface area contributed by atoms with E-state index in [0.717, 1.165) is 5.30 Å². The molecule has 0 aromatic heterocycles. The highest BCUT2D eigenvalue weighted by molar-refractivity contribution is 7.72. The summed E-state index contributed by atoms with van der Waals surface area (Å²) in [6.07, 6.45) is -0.315. The Morgan fingerprint density at radius 1 is 1.38 bits per heavy atom. The zero-order valence-corrected chi connectivity index (χ0v) is 9.49. The molecule has 3 atom stereocenters. The van der Waals surface area contributed by atoms with Crippen LogP contribution in [-0.4, -0.2) is 29.6 Å². The lowest BCUT2D eigenvalue weighted by atomic mass is 10.2. The van der Waals surface area contributed by atoms with Gasteiger partial charge in [0.25, 0.3) is 0 Å². The lowest BCUT2D eigenvalue weighted by molar-refractivity contribution is 0.183. The molecular weight excluding hydrogens is 225 g/mol. The molecule has 2 rings (SSSR count). The molecule has 0 aliphatic carbocycles. The quantitative estimate of drug-likeness (QED) is 0.367. The van der Waals surface area contributed by atoms with Crippen molar-refractivity contribution in [3.05, 3.63) is 40.8 Å². The summed E-state index contributed by atoms with van der Waals surface area (Å²) < 4.78 is 12.6. The van der Waals surface area contributed by atoms with E-state index < -0.39 is 19.3 Å². The van der Waals surface area contributed by atoms with Gasteiger partial charge >= 0.3 is 0 Å². The van der Waals surface area contributed by atoms with E-state index in [1.807, 2.05) is 18.2 Å². The predicted octanol–water partition coefficient (Wildman–Crippen LogP) is 1.73. The summed E-state index contributed by atoms with van der Waals surface area (Å²) in [4.78, 5) is 2.67. The number of aliphatic hydroxyl groups excluding tert-OH is 1. The van der Waals surface area contributed by atoms with Gasteiger partial charge in [-0.25, -0.2) is 0 Å². The first-order valence-electron chi connectivity index (χ1n) is 5.02. The van der Waals surface area contributed by atoms with Gasteiger partial charge in [-0.2, -0.15) is 0 Å². The average molecular weight is 237 g/mol. The van der Waals surface area contributed by atoms with Crippen LogP contribution >= 0.6 is 7.14 Å². The van der Waals surface area contributed by atoms with E-state index >= 15 is 0 Å². The van der Waals surface area contributed by atoms with Gasteiger partial charge in [0.15, 0.2) is 0 Å². The van der Waals surface area contributed by atoms with Gasteiger partial charge in [0.1, 0.15) is 7.14 Å². The Kier molecular flexibility index (Phi) is 3.01. The molecule has 0 radical (unpaired) electrons. The van der Waals surface area contributed by atoms with Crippen LogP contribution in [0.25, 0.3) is 10.4 Å². The van der Waals surface area contributed by atoms with Crippen LogP contribution in [0.2, 0.25) is 0 Å². The standard InChI is InChI=1S/C10H12N3O2P/c11-13-12-9-6-16(15,7-10(9)14)8-4-2-1-3-5-8/h1-5,9-10,14H,6-7H2/t9-,10-,16+/m1/s1. The molecule has 1 aliphatic heterocycles. The van der Waals surface area contributed by atoms with E-state index in [-0.39, 0.29) is 12.3 Å². The summed E-state index contributed by atoms with van der Waals surface area (Å²) in [7, 11) is -2.58. The molecule has 1 N–H and O–H groups in total. The first-order chi connectivity index (χ1) is 7.65. The summed E-state index contributed by atoms with van der Waals surface area (Å²) in [5.74, 6) is 0. The van der Waals surface area contributed by atoms with E-state index in [2.05, 4.69) is 10.0 Å². The minimum atomic E-state index is -2.58. The van der Waals surface area contributed by atoms with Crippen LogP contribution in [0, 0.1) is 0 Å². The molecule has 1 heterocycles. The highest BCUT2D eigenvalue weighted by Crippen LogP contribution is 2.51. The molecule has 0 saturated carbocycles.